The molecular weight excluding hydrogens is 348 g/mol. The molecule has 2 aromatic rings. The third-order valence-electron chi connectivity index (χ3n) is 4.08. The highest BCUT2D eigenvalue weighted by Gasteiger charge is 2.44. The maximum Gasteiger partial charge on any atom is 0.167 e. The van der Waals surface area contributed by atoms with Crippen molar-refractivity contribution in [1.29, 1.82) is 0 Å². The van der Waals surface area contributed by atoms with Crippen LogP contribution in [0.2, 0.25) is 0 Å². The van der Waals surface area contributed by atoms with Gasteiger partial charge in [-0.25, -0.2) is 20.8 Å². The van der Waals surface area contributed by atoms with Crippen molar-refractivity contribution in [1.82, 2.24) is 19.5 Å². The average molecular weight is 370 g/mol. The first-order valence-electron chi connectivity index (χ1n) is 7.97. The molecule has 0 bridgehead atoms. The fraction of sp³-hybridized carbons (Fsp3) is 0.643. The highest BCUT2D eigenvalue weighted by molar-refractivity contribution is 7.99. The zero-order chi connectivity index (χ0) is 17.8. The summed E-state index contributed by atoms with van der Waals surface area (Å²) in [6.45, 7) is 0.530. The lowest BCUT2D eigenvalue weighted by atomic mass is 10.1. The molecule has 1 aliphatic rings. The average Bonchev–Trinajstić information content (AvgIpc) is 3.15. The predicted molar refractivity (Wildman–Crippen MR) is 92.4 cm³/mol. The van der Waals surface area contributed by atoms with Crippen molar-refractivity contribution in [3.05, 3.63) is 12.7 Å². The highest BCUT2D eigenvalue weighted by Crippen LogP contribution is 2.33. The summed E-state index contributed by atoms with van der Waals surface area (Å²) in [7, 11) is 0. The number of thioether (sulfide) groups is 1. The summed E-state index contributed by atoms with van der Waals surface area (Å²) in [5, 5.41) is 20.6. The van der Waals surface area contributed by atoms with Crippen molar-refractivity contribution in [2.24, 2.45) is 5.90 Å². The van der Waals surface area contributed by atoms with E-state index in [1.54, 1.807) is 16.3 Å². The second-order valence-corrected chi connectivity index (χ2v) is 6.93. The molecular formula is C14H22N6O4S. The number of nitrogens with two attached hydrogens (primary N) is 2. The van der Waals surface area contributed by atoms with Gasteiger partial charge in [0, 0.05) is 5.75 Å². The molecule has 0 aromatic carbocycles. The van der Waals surface area contributed by atoms with E-state index in [2.05, 4.69) is 19.8 Å². The Morgan fingerprint density at radius 1 is 1.24 bits per heavy atom. The molecule has 4 atom stereocenters. The van der Waals surface area contributed by atoms with Crippen LogP contribution in [0.3, 0.4) is 0 Å². The topological polar surface area (TPSA) is 155 Å². The van der Waals surface area contributed by atoms with Crippen LogP contribution in [0.25, 0.3) is 11.2 Å². The van der Waals surface area contributed by atoms with Crippen LogP contribution < -0.4 is 11.6 Å². The Bertz CT molecular complexity index is 701. The molecule has 1 aliphatic heterocycles. The number of ether oxygens (including phenoxy) is 1. The molecule has 11 heteroatoms. The Hall–Kier alpha value is -1.50. The molecule has 0 spiro atoms. The summed E-state index contributed by atoms with van der Waals surface area (Å²) >= 11 is 1.65. The van der Waals surface area contributed by atoms with E-state index in [4.69, 9.17) is 16.4 Å². The number of aliphatic hydroxyl groups excluding tert-OH is 2. The van der Waals surface area contributed by atoms with E-state index in [9.17, 15) is 10.2 Å². The number of anilines is 1. The monoisotopic (exact) mass is 370 g/mol. The number of imidazole rings is 1. The number of nitrogen functional groups attached to an aromatic ring is 1. The Labute approximate surface area is 148 Å². The highest BCUT2D eigenvalue weighted by atomic mass is 32.2. The Balaban J connectivity index is 1.62. The van der Waals surface area contributed by atoms with Gasteiger partial charge in [-0.15, -0.1) is 0 Å². The first-order valence-corrected chi connectivity index (χ1v) is 9.13. The van der Waals surface area contributed by atoms with Gasteiger partial charge < -0.3 is 25.5 Å². The van der Waals surface area contributed by atoms with Gasteiger partial charge >= 0.3 is 0 Å². The van der Waals surface area contributed by atoms with Gasteiger partial charge in [0.25, 0.3) is 0 Å². The van der Waals surface area contributed by atoms with Gasteiger partial charge in [0.05, 0.1) is 19.0 Å². The molecule has 138 valence electrons. The number of unbranched alkanes of at least 4 members (excludes halogenated alkanes) is 1. The number of nitrogens with zero attached hydrogens (tertiary/aromatic N) is 4. The summed E-state index contributed by atoms with van der Waals surface area (Å²) in [5.74, 6) is 6.70. The molecule has 3 rings (SSSR count). The minimum atomic E-state index is -1.08. The van der Waals surface area contributed by atoms with E-state index in [1.165, 1.54) is 12.7 Å². The molecule has 0 saturated carbocycles. The molecule has 0 radical (unpaired) electrons. The summed E-state index contributed by atoms with van der Waals surface area (Å²) in [4.78, 5) is 16.7. The van der Waals surface area contributed by atoms with Crippen molar-refractivity contribution < 1.29 is 19.8 Å². The molecule has 1 saturated heterocycles. The fourth-order valence-electron chi connectivity index (χ4n) is 2.74. The zero-order valence-electron chi connectivity index (χ0n) is 13.6. The normalized spacial score (nSPS) is 26.5. The van der Waals surface area contributed by atoms with Crippen LogP contribution in [-0.2, 0) is 9.57 Å². The fourth-order valence-corrected chi connectivity index (χ4v) is 3.82. The minimum absolute atomic E-state index is 0.255. The molecule has 3 heterocycles. The minimum Gasteiger partial charge on any atom is -0.387 e. The van der Waals surface area contributed by atoms with Crippen LogP contribution in [0.4, 0.5) is 5.82 Å². The number of aliphatic hydroxyl groups is 2. The molecule has 1 fully saturated rings. The second kappa shape index (κ2) is 8.25. The van der Waals surface area contributed by atoms with Gasteiger partial charge in [-0.05, 0) is 18.6 Å². The van der Waals surface area contributed by atoms with Gasteiger partial charge in [0.15, 0.2) is 17.7 Å². The number of rotatable bonds is 8. The van der Waals surface area contributed by atoms with Gasteiger partial charge in [-0.3, -0.25) is 4.57 Å². The molecule has 0 unspecified atom stereocenters. The van der Waals surface area contributed by atoms with Crippen LogP contribution in [-0.4, -0.2) is 66.2 Å². The van der Waals surface area contributed by atoms with E-state index < -0.39 is 24.5 Å². The summed E-state index contributed by atoms with van der Waals surface area (Å²) < 4.78 is 7.44. The van der Waals surface area contributed by atoms with Gasteiger partial charge in [0.1, 0.15) is 24.1 Å². The maximum absolute atomic E-state index is 10.4. The Kier molecular flexibility index (Phi) is 6.04. The summed E-state index contributed by atoms with van der Waals surface area (Å²) in [6.07, 6.45) is 1.33. The van der Waals surface area contributed by atoms with Crippen molar-refractivity contribution in [3.8, 4) is 0 Å². The lowest BCUT2D eigenvalue weighted by molar-refractivity contribution is -0.0289. The van der Waals surface area contributed by atoms with E-state index in [1.807, 2.05) is 0 Å². The van der Waals surface area contributed by atoms with Crippen molar-refractivity contribution >= 4 is 28.7 Å². The van der Waals surface area contributed by atoms with Crippen molar-refractivity contribution in [2.45, 2.75) is 37.4 Å². The summed E-state index contributed by atoms with van der Waals surface area (Å²) in [5.41, 5.74) is 6.67. The van der Waals surface area contributed by atoms with Crippen LogP contribution in [0, 0.1) is 0 Å². The number of hydrogen-bond acceptors (Lipinski definition) is 10. The lowest BCUT2D eigenvalue weighted by Gasteiger charge is -2.16. The van der Waals surface area contributed by atoms with E-state index in [0.29, 0.717) is 23.5 Å². The zero-order valence-corrected chi connectivity index (χ0v) is 14.4. The van der Waals surface area contributed by atoms with E-state index >= 15 is 0 Å². The number of hydrogen-bond donors (Lipinski definition) is 4. The summed E-state index contributed by atoms with van der Waals surface area (Å²) in [6, 6.07) is 0. The second-order valence-electron chi connectivity index (χ2n) is 5.78. The molecule has 10 nitrogen and oxygen atoms in total. The quantitative estimate of drug-likeness (QED) is 0.351. The smallest absolute Gasteiger partial charge is 0.167 e. The third kappa shape index (κ3) is 3.86. The predicted octanol–water partition coefficient (Wildman–Crippen LogP) is -0.569. The third-order valence-corrected chi connectivity index (χ3v) is 5.22. The van der Waals surface area contributed by atoms with Gasteiger partial charge in [-0.1, -0.05) is 0 Å². The van der Waals surface area contributed by atoms with E-state index in [0.717, 1.165) is 18.6 Å². The lowest BCUT2D eigenvalue weighted by Crippen LogP contribution is -2.32. The Morgan fingerprint density at radius 2 is 2.08 bits per heavy atom. The first-order chi connectivity index (χ1) is 12.1. The standard InChI is InChI=1S/C14H22N6O4S/c15-12-9-13(18-6-17-12)20(7-19-9)14-11(22)10(21)8(24-14)5-25-4-2-1-3-23-16/h6-8,10-11,14,21-22H,1-5,16H2,(H2,15,17,18)/t8-,10-,11-,14-/m1/s1. The van der Waals surface area contributed by atoms with Crippen LogP contribution in [0.15, 0.2) is 12.7 Å². The van der Waals surface area contributed by atoms with Crippen LogP contribution in [0.1, 0.15) is 19.1 Å². The maximum atomic E-state index is 10.4. The molecule has 6 N–H and O–H groups in total. The largest absolute Gasteiger partial charge is 0.387 e. The SMILES string of the molecule is NOCCCCSC[C@H]1O[C@@H](n2cnc3c(N)ncnc32)[C@H](O)[C@@H]1O. The van der Waals surface area contributed by atoms with Crippen LogP contribution in [0.5, 0.6) is 0 Å². The number of aromatic nitrogens is 4. The first kappa shape index (κ1) is 18.3. The number of fused-ring (bicyclic) bond motifs is 1. The molecule has 0 aliphatic carbocycles. The Morgan fingerprint density at radius 3 is 2.88 bits per heavy atom. The van der Waals surface area contributed by atoms with Gasteiger partial charge in [0.2, 0.25) is 0 Å². The van der Waals surface area contributed by atoms with Gasteiger partial charge in [-0.2, -0.15) is 11.8 Å². The molecule has 2 aromatic heterocycles. The molecule has 25 heavy (non-hydrogen) atoms. The van der Waals surface area contributed by atoms with Crippen LogP contribution >= 0.6 is 11.8 Å². The van der Waals surface area contributed by atoms with Crippen molar-refractivity contribution in [3.63, 3.8) is 0 Å². The molecule has 0 amide bonds. The van der Waals surface area contributed by atoms with E-state index in [-0.39, 0.29) is 5.82 Å². The van der Waals surface area contributed by atoms with Crippen molar-refractivity contribution in [2.75, 3.05) is 23.8 Å².